The second-order valence-electron chi connectivity index (χ2n) is 7.44. The molecule has 2 aromatic carbocycles. The highest BCUT2D eigenvalue weighted by Crippen LogP contribution is 2.30. The molecule has 0 unspecified atom stereocenters. The summed E-state index contributed by atoms with van der Waals surface area (Å²) in [6, 6.07) is 10.2. The summed E-state index contributed by atoms with van der Waals surface area (Å²) in [5.74, 6) is -0.568. The van der Waals surface area contributed by atoms with Crippen LogP contribution in [0.2, 0.25) is 0 Å². The van der Waals surface area contributed by atoms with Gasteiger partial charge in [0.05, 0.1) is 23.0 Å². The van der Waals surface area contributed by atoms with Crippen molar-refractivity contribution >= 4 is 33.0 Å². The third kappa shape index (κ3) is 5.01. The Labute approximate surface area is 179 Å². The van der Waals surface area contributed by atoms with Gasteiger partial charge in [-0.05, 0) is 43.2 Å². The first-order valence-electron chi connectivity index (χ1n) is 9.88. The van der Waals surface area contributed by atoms with E-state index in [4.69, 9.17) is 4.74 Å². The predicted molar refractivity (Wildman–Crippen MR) is 114 cm³/mol. The van der Waals surface area contributed by atoms with Crippen LogP contribution < -0.4 is 14.9 Å². The lowest BCUT2D eigenvalue weighted by Crippen LogP contribution is -2.36. The molecule has 1 heterocycles. The highest BCUT2D eigenvalue weighted by atomic mass is 32.2. The summed E-state index contributed by atoms with van der Waals surface area (Å²) >= 11 is 0. The fourth-order valence-electron chi connectivity index (χ4n) is 3.32. The van der Waals surface area contributed by atoms with Crippen molar-refractivity contribution in [1.82, 2.24) is 4.72 Å². The van der Waals surface area contributed by atoms with Gasteiger partial charge in [0.25, 0.3) is 11.6 Å². The van der Waals surface area contributed by atoms with E-state index in [1.54, 1.807) is 12.1 Å². The Balaban J connectivity index is 1.54. The van der Waals surface area contributed by atoms with Crippen LogP contribution in [0.4, 0.5) is 17.1 Å². The molecule has 0 radical (unpaired) electrons. The molecule has 1 saturated heterocycles. The maximum Gasteiger partial charge on any atom is 0.293 e. The van der Waals surface area contributed by atoms with Crippen molar-refractivity contribution in [2.75, 3.05) is 36.5 Å². The Bertz CT molecular complexity index is 1110. The average Bonchev–Trinajstić information content (AvgIpc) is 3.57. The standard InChI is InChI=1S/C20H22N4O6S/c25-20(21-16-2-1-3-17(13-16)31(28,29)22-15-5-6-15)14-4-7-18(19(12-14)24(26)27)23-8-10-30-11-9-23/h1-4,7,12-13,15,22H,5-6,8-11H2,(H,21,25). The van der Waals surface area contributed by atoms with Crippen molar-refractivity contribution in [2.24, 2.45) is 0 Å². The van der Waals surface area contributed by atoms with Gasteiger partial charge < -0.3 is 15.0 Å². The van der Waals surface area contributed by atoms with Crippen LogP contribution in [0.3, 0.4) is 0 Å². The fourth-order valence-corrected chi connectivity index (χ4v) is 4.67. The van der Waals surface area contributed by atoms with Gasteiger partial charge in [-0.15, -0.1) is 0 Å². The van der Waals surface area contributed by atoms with Crippen LogP contribution in [-0.4, -0.2) is 51.6 Å². The van der Waals surface area contributed by atoms with Crippen LogP contribution in [0.25, 0.3) is 0 Å². The van der Waals surface area contributed by atoms with Gasteiger partial charge in [0.2, 0.25) is 10.0 Å². The normalized spacial score (nSPS) is 16.7. The molecular weight excluding hydrogens is 424 g/mol. The second kappa shape index (κ2) is 8.61. The number of anilines is 2. The highest BCUT2D eigenvalue weighted by Gasteiger charge is 2.28. The molecular formula is C20H22N4O6S. The molecule has 1 saturated carbocycles. The lowest BCUT2D eigenvalue weighted by atomic mass is 10.1. The Morgan fingerprint density at radius 2 is 1.87 bits per heavy atom. The van der Waals surface area contributed by atoms with E-state index in [9.17, 15) is 23.3 Å². The first kappa shape index (κ1) is 21.2. The minimum atomic E-state index is -3.66. The number of morpholine rings is 1. The zero-order valence-electron chi connectivity index (χ0n) is 16.6. The van der Waals surface area contributed by atoms with Crippen molar-refractivity contribution in [3.63, 3.8) is 0 Å². The van der Waals surface area contributed by atoms with Gasteiger partial charge in [-0.25, -0.2) is 13.1 Å². The highest BCUT2D eigenvalue weighted by molar-refractivity contribution is 7.89. The van der Waals surface area contributed by atoms with E-state index in [1.165, 1.54) is 30.3 Å². The van der Waals surface area contributed by atoms with E-state index >= 15 is 0 Å². The van der Waals surface area contributed by atoms with E-state index in [2.05, 4.69) is 10.0 Å². The number of ether oxygens (including phenoxy) is 1. The first-order valence-corrected chi connectivity index (χ1v) is 11.4. The van der Waals surface area contributed by atoms with Gasteiger partial charge in [-0.1, -0.05) is 6.07 Å². The number of amides is 1. The largest absolute Gasteiger partial charge is 0.378 e. The van der Waals surface area contributed by atoms with Gasteiger partial charge >= 0.3 is 0 Å². The van der Waals surface area contributed by atoms with Crippen molar-refractivity contribution in [2.45, 2.75) is 23.8 Å². The average molecular weight is 446 g/mol. The van der Waals surface area contributed by atoms with Crippen molar-refractivity contribution in [3.05, 3.63) is 58.1 Å². The number of hydrogen-bond acceptors (Lipinski definition) is 7. The molecule has 1 aliphatic carbocycles. The fraction of sp³-hybridized carbons (Fsp3) is 0.350. The molecule has 0 bridgehead atoms. The molecule has 1 aliphatic heterocycles. The van der Waals surface area contributed by atoms with E-state index < -0.39 is 20.9 Å². The summed E-state index contributed by atoms with van der Waals surface area (Å²) in [7, 11) is -3.66. The summed E-state index contributed by atoms with van der Waals surface area (Å²) in [4.78, 5) is 25.7. The minimum Gasteiger partial charge on any atom is -0.378 e. The summed E-state index contributed by atoms with van der Waals surface area (Å²) in [6.07, 6.45) is 1.63. The molecule has 2 aliphatic rings. The van der Waals surface area contributed by atoms with E-state index in [-0.39, 0.29) is 27.9 Å². The zero-order chi connectivity index (χ0) is 22.0. The van der Waals surface area contributed by atoms with Crippen LogP contribution in [-0.2, 0) is 14.8 Å². The first-order chi connectivity index (χ1) is 14.8. The minimum absolute atomic E-state index is 0.0335. The Morgan fingerprint density at radius 3 is 2.55 bits per heavy atom. The number of nitrogens with one attached hydrogen (secondary N) is 2. The second-order valence-corrected chi connectivity index (χ2v) is 9.15. The molecule has 0 atom stereocenters. The number of nitro groups is 1. The van der Waals surface area contributed by atoms with Gasteiger partial charge in [0.1, 0.15) is 5.69 Å². The molecule has 2 fully saturated rings. The summed E-state index contributed by atoms with van der Waals surface area (Å²) in [5.41, 5.74) is 0.653. The maximum atomic E-state index is 12.7. The number of carbonyl (C=O) groups is 1. The molecule has 11 heteroatoms. The van der Waals surface area contributed by atoms with Crippen LogP contribution in [0.5, 0.6) is 0 Å². The number of benzene rings is 2. The molecule has 2 N–H and O–H groups in total. The summed E-state index contributed by atoms with van der Waals surface area (Å²) in [5, 5.41) is 14.2. The monoisotopic (exact) mass is 446 g/mol. The van der Waals surface area contributed by atoms with Crippen LogP contribution in [0.1, 0.15) is 23.2 Å². The van der Waals surface area contributed by atoms with Crippen LogP contribution in [0, 0.1) is 10.1 Å². The molecule has 4 rings (SSSR count). The molecule has 2 aromatic rings. The van der Waals surface area contributed by atoms with Crippen molar-refractivity contribution in [3.8, 4) is 0 Å². The number of sulfonamides is 1. The maximum absolute atomic E-state index is 12.7. The van der Waals surface area contributed by atoms with Crippen molar-refractivity contribution in [1.29, 1.82) is 0 Å². The lowest BCUT2D eigenvalue weighted by Gasteiger charge is -2.28. The van der Waals surface area contributed by atoms with Gasteiger partial charge in [0.15, 0.2) is 0 Å². The number of nitro benzene ring substituents is 1. The lowest BCUT2D eigenvalue weighted by molar-refractivity contribution is -0.384. The molecule has 10 nitrogen and oxygen atoms in total. The topological polar surface area (TPSA) is 131 Å². The zero-order valence-corrected chi connectivity index (χ0v) is 17.4. The number of hydrogen-bond donors (Lipinski definition) is 2. The third-order valence-electron chi connectivity index (χ3n) is 5.09. The Hall–Kier alpha value is -3.02. The van der Waals surface area contributed by atoms with E-state index in [0.717, 1.165) is 12.8 Å². The number of rotatable bonds is 7. The smallest absolute Gasteiger partial charge is 0.293 e. The number of carbonyl (C=O) groups excluding carboxylic acids is 1. The summed E-state index contributed by atoms with van der Waals surface area (Å²) in [6.45, 7) is 2.02. The molecule has 0 spiro atoms. The third-order valence-corrected chi connectivity index (χ3v) is 6.61. The quantitative estimate of drug-likeness (QED) is 0.492. The molecule has 1 amide bonds. The van der Waals surface area contributed by atoms with Gasteiger partial charge in [-0.3, -0.25) is 14.9 Å². The van der Waals surface area contributed by atoms with Crippen LogP contribution >= 0.6 is 0 Å². The van der Waals surface area contributed by atoms with Crippen molar-refractivity contribution < 1.29 is 22.9 Å². The SMILES string of the molecule is O=C(Nc1cccc(S(=O)(=O)NC2CC2)c1)c1ccc(N2CCOCC2)c([N+](=O)[O-])c1. The molecule has 31 heavy (non-hydrogen) atoms. The van der Waals surface area contributed by atoms with E-state index in [1.807, 2.05) is 4.90 Å². The van der Waals surface area contributed by atoms with Gasteiger partial charge in [-0.2, -0.15) is 0 Å². The summed E-state index contributed by atoms with van der Waals surface area (Å²) < 4.78 is 32.6. The molecule has 164 valence electrons. The predicted octanol–water partition coefficient (Wildman–Crippen LogP) is 2.12. The Morgan fingerprint density at radius 1 is 1.13 bits per heavy atom. The van der Waals surface area contributed by atoms with Gasteiger partial charge in [0, 0.05) is 36.4 Å². The Kier molecular flexibility index (Phi) is 5.90. The van der Waals surface area contributed by atoms with E-state index in [0.29, 0.717) is 32.0 Å². The molecule has 0 aromatic heterocycles. The number of nitrogens with zero attached hydrogens (tertiary/aromatic N) is 2. The van der Waals surface area contributed by atoms with Crippen LogP contribution in [0.15, 0.2) is 47.4 Å².